The van der Waals surface area contributed by atoms with Gasteiger partial charge in [-0.25, -0.2) is 4.98 Å². The molecule has 0 fully saturated rings. The van der Waals surface area contributed by atoms with Gasteiger partial charge in [-0.2, -0.15) is 0 Å². The number of benzene rings is 2. The Morgan fingerprint density at radius 1 is 1.10 bits per heavy atom. The average Bonchev–Trinajstić information content (AvgIpc) is 2.54. The molecule has 1 aromatic heterocycles. The zero-order chi connectivity index (χ0) is 14.8. The lowest BCUT2D eigenvalue weighted by molar-refractivity contribution is 0.373. The smallest absolute Gasteiger partial charge is 0.161 e. The molecule has 21 heavy (non-hydrogen) atoms. The van der Waals surface area contributed by atoms with Crippen molar-refractivity contribution in [3.8, 4) is 11.5 Å². The van der Waals surface area contributed by atoms with Gasteiger partial charge >= 0.3 is 0 Å². The molecule has 0 saturated heterocycles. The lowest BCUT2D eigenvalue weighted by atomic mass is 10.0. The van der Waals surface area contributed by atoms with E-state index in [-0.39, 0.29) is 5.75 Å². The van der Waals surface area contributed by atoms with Crippen molar-refractivity contribution in [2.45, 2.75) is 0 Å². The van der Waals surface area contributed by atoms with Crippen LogP contribution in [0.1, 0.15) is 11.3 Å². The van der Waals surface area contributed by atoms with Crippen LogP contribution in [0.3, 0.4) is 0 Å². The minimum Gasteiger partial charge on any atom is -0.504 e. The molecule has 0 atom stereocenters. The van der Waals surface area contributed by atoms with E-state index < -0.39 is 0 Å². The highest BCUT2D eigenvalue weighted by Gasteiger charge is 2.08. The third-order valence-corrected chi connectivity index (χ3v) is 3.44. The molecule has 0 amide bonds. The van der Waals surface area contributed by atoms with Crippen molar-refractivity contribution in [3.63, 3.8) is 0 Å². The number of rotatable bonds is 3. The van der Waals surface area contributed by atoms with Crippen molar-refractivity contribution in [3.05, 3.63) is 72.4 Å². The predicted molar refractivity (Wildman–Crippen MR) is 84.5 cm³/mol. The fourth-order valence-electron chi connectivity index (χ4n) is 2.25. The number of methoxy groups -OCH3 is 1. The average molecular weight is 277 g/mol. The Balaban J connectivity index is 2.03. The van der Waals surface area contributed by atoms with Gasteiger partial charge < -0.3 is 9.84 Å². The monoisotopic (exact) mass is 277 g/mol. The molecular weight excluding hydrogens is 262 g/mol. The van der Waals surface area contributed by atoms with E-state index in [1.807, 2.05) is 36.4 Å². The largest absolute Gasteiger partial charge is 0.504 e. The molecule has 3 rings (SSSR count). The van der Waals surface area contributed by atoms with Crippen LogP contribution in [0.15, 0.2) is 61.2 Å². The quantitative estimate of drug-likeness (QED) is 0.786. The second kappa shape index (κ2) is 5.29. The lowest BCUT2D eigenvalue weighted by Gasteiger charge is -2.09. The number of nitrogens with zero attached hydrogens (tertiary/aromatic N) is 1. The molecule has 0 radical (unpaired) electrons. The summed E-state index contributed by atoms with van der Waals surface area (Å²) in [7, 11) is 1.52. The van der Waals surface area contributed by atoms with Gasteiger partial charge in [0.2, 0.25) is 0 Å². The Morgan fingerprint density at radius 3 is 2.71 bits per heavy atom. The number of aromatic nitrogens is 1. The molecule has 0 aliphatic heterocycles. The van der Waals surface area contributed by atoms with Crippen LogP contribution in [0.5, 0.6) is 11.5 Å². The number of hydrogen-bond donors (Lipinski definition) is 1. The maximum absolute atomic E-state index is 9.66. The van der Waals surface area contributed by atoms with Crippen LogP contribution in [0.2, 0.25) is 0 Å². The van der Waals surface area contributed by atoms with Gasteiger partial charge in [-0.05, 0) is 29.8 Å². The number of para-hydroxylation sites is 1. The minimum absolute atomic E-state index is 0.112. The molecule has 3 heteroatoms. The number of phenols is 1. The van der Waals surface area contributed by atoms with Crippen LogP contribution < -0.4 is 4.74 Å². The molecule has 0 aliphatic carbocycles. The molecule has 0 aliphatic rings. The predicted octanol–water partition coefficient (Wildman–Crippen LogP) is 4.01. The van der Waals surface area contributed by atoms with E-state index in [1.54, 1.807) is 18.2 Å². The summed E-state index contributed by atoms with van der Waals surface area (Å²) in [5.41, 5.74) is 3.40. The number of aromatic hydroxyl groups is 1. The normalized spacial score (nSPS) is 10.5. The Bertz CT molecular complexity index is 824. The van der Waals surface area contributed by atoms with Gasteiger partial charge in [0.1, 0.15) is 0 Å². The number of phenolic OH excluding ortho intramolecular Hbond substituents is 1. The first kappa shape index (κ1) is 13.2. The first-order chi connectivity index (χ1) is 10.2. The summed E-state index contributed by atoms with van der Waals surface area (Å²) in [5.74, 6) is 0.537. The Labute approximate surface area is 123 Å². The summed E-state index contributed by atoms with van der Waals surface area (Å²) < 4.78 is 5.13. The van der Waals surface area contributed by atoms with Gasteiger partial charge in [0.25, 0.3) is 0 Å². The van der Waals surface area contributed by atoms with Crippen molar-refractivity contribution in [1.29, 1.82) is 0 Å². The van der Waals surface area contributed by atoms with E-state index in [9.17, 15) is 5.11 Å². The van der Waals surface area contributed by atoms with Crippen LogP contribution in [0.25, 0.3) is 16.5 Å². The zero-order valence-electron chi connectivity index (χ0n) is 11.7. The second-order valence-electron chi connectivity index (χ2n) is 4.75. The summed E-state index contributed by atoms with van der Waals surface area (Å²) in [6.45, 7) is 4.11. The molecule has 1 heterocycles. The summed E-state index contributed by atoms with van der Waals surface area (Å²) in [5, 5.41) is 10.8. The van der Waals surface area contributed by atoms with E-state index >= 15 is 0 Å². The third kappa shape index (κ3) is 2.46. The fourth-order valence-corrected chi connectivity index (χ4v) is 2.25. The highest BCUT2D eigenvalue weighted by atomic mass is 16.5. The molecule has 0 saturated carbocycles. The molecule has 0 spiro atoms. The molecule has 0 bridgehead atoms. The third-order valence-electron chi connectivity index (χ3n) is 3.44. The van der Waals surface area contributed by atoms with E-state index in [0.717, 1.165) is 27.7 Å². The highest BCUT2D eigenvalue weighted by molar-refractivity contribution is 5.84. The number of ether oxygens (including phenoxy) is 1. The van der Waals surface area contributed by atoms with Crippen LogP contribution >= 0.6 is 0 Å². The first-order valence-electron chi connectivity index (χ1n) is 6.61. The topological polar surface area (TPSA) is 42.4 Å². The molecular formula is C18H15NO2. The summed E-state index contributed by atoms with van der Waals surface area (Å²) >= 11 is 0. The van der Waals surface area contributed by atoms with Crippen LogP contribution in [0.4, 0.5) is 0 Å². The lowest BCUT2D eigenvalue weighted by Crippen LogP contribution is -1.92. The van der Waals surface area contributed by atoms with Gasteiger partial charge in [0.15, 0.2) is 11.5 Å². The van der Waals surface area contributed by atoms with Crippen LogP contribution in [-0.4, -0.2) is 17.2 Å². The SMILES string of the molecule is C=C(c1ccc(O)c(OC)c1)c1ccc2ccccc2n1. The summed E-state index contributed by atoms with van der Waals surface area (Å²) in [4.78, 5) is 4.63. The van der Waals surface area contributed by atoms with Crippen molar-refractivity contribution in [2.24, 2.45) is 0 Å². The van der Waals surface area contributed by atoms with Crippen LogP contribution in [-0.2, 0) is 0 Å². The summed E-state index contributed by atoms with van der Waals surface area (Å²) in [6, 6.07) is 17.1. The van der Waals surface area contributed by atoms with Gasteiger partial charge in [0, 0.05) is 11.0 Å². The van der Waals surface area contributed by atoms with E-state index in [0.29, 0.717) is 5.75 Å². The van der Waals surface area contributed by atoms with Crippen molar-refractivity contribution < 1.29 is 9.84 Å². The second-order valence-corrected chi connectivity index (χ2v) is 4.75. The van der Waals surface area contributed by atoms with E-state index in [2.05, 4.69) is 11.6 Å². The van der Waals surface area contributed by atoms with Gasteiger partial charge in [-0.15, -0.1) is 0 Å². The number of fused-ring (bicyclic) bond motifs is 1. The van der Waals surface area contributed by atoms with Gasteiger partial charge in [0.05, 0.1) is 18.3 Å². The Hall–Kier alpha value is -2.81. The van der Waals surface area contributed by atoms with Crippen molar-refractivity contribution in [2.75, 3.05) is 7.11 Å². The van der Waals surface area contributed by atoms with Crippen molar-refractivity contribution >= 4 is 16.5 Å². The maximum Gasteiger partial charge on any atom is 0.161 e. The molecule has 0 unspecified atom stereocenters. The molecule has 1 N–H and O–H groups in total. The molecule has 2 aromatic carbocycles. The Kier molecular flexibility index (Phi) is 3.32. The molecule has 3 nitrogen and oxygen atoms in total. The molecule has 3 aromatic rings. The minimum atomic E-state index is 0.112. The van der Waals surface area contributed by atoms with Crippen molar-refractivity contribution in [1.82, 2.24) is 4.98 Å². The fraction of sp³-hybridized carbons (Fsp3) is 0.0556. The summed E-state index contributed by atoms with van der Waals surface area (Å²) in [6.07, 6.45) is 0. The zero-order valence-corrected chi connectivity index (χ0v) is 11.7. The van der Waals surface area contributed by atoms with E-state index in [4.69, 9.17) is 4.74 Å². The Morgan fingerprint density at radius 2 is 1.90 bits per heavy atom. The first-order valence-corrected chi connectivity index (χ1v) is 6.61. The number of pyridine rings is 1. The van der Waals surface area contributed by atoms with Crippen LogP contribution in [0, 0.1) is 0 Å². The standard InChI is InChI=1S/C18H15NO2/c1-12(14-8-10-17(20)18(11-14)21-2)15-9-7-13-5-3-4-6-16(13)19-15/h3-11,20H,1H2,2H3. The van der Waals surface area contributed by atoms with E-state index in [1.165, 1.54) is 7.11 Å². The van der Waals surface area contributed by atoms with Gasteiger partial charge in [-0.1, -0.05) is 36.9 Å². The number of hydrogen-bond acceptors (Lipinski definition) is 3. The van der Waals surface area contributed by atoms with Gasteiger partial charge in [-0.3, -0.25) is 0 Å². The molecule has 104 valence electrons. The highest BCUT2D eigenvalue weighted by Crippen LogP contribution is 2.31. The maximum atomic E-state index is 9.66.